The van der Waals surface area contributed by atoms with Crippen LogP contribution in [0.2, 0.25) is 0 Å². The molecule has 0 aromatic heterocycles. The van der Waals surface area contributed by atoms with Crippen LogP contribution < -0.4 is 0 Å². The van der Waals surface area contributed by atoms with E-state index in [4.69, 9.17) is 4.74 Å². The Hall–Kier alpha value is -4.14. The number of hydrogen-bond acceptors (Lipinski definition) is 2. The van der Waals surface area contributed by atoms with E-state index in [1.54, 1.807) is 6.07 Å². The Morgan fingerprint density at radius 3 is 1.05 bits per heavy atom. The van der Waals surface area contributed by atoms with Crippen LogP contribution in [0.5, 0.6) is 5.75 Å². The molecule has 0 bridgehead atoms. The smallest absolute Gasteiger partial charge is 0.123 e. The second kappa shape index (κ2) is 33.8. The molecular formula is C56H78O2. The van der Waals surface area contributed by atoms with Crippen molar-refractivity contribution >= 4 is 36.5 Å². The standard InChI is InChI=1S/C30H24O.C26H54O/c31-30-23-20-27(19-16-24-10-4-1-5-11-24)28(21-17-25-12-6-2-7-13-25)29(30)22-18-26-14-8-3-9-15-26;1-3-5-7-9-11-13-15-17-19-21-23-25-27-26-24-22-20-18-16-14-12-10-8-6-4-2/h1-23,31H;3-26H2,1-2H3/b19-16+,21-17+,22-18+;. The maximum absolute atomic E-state index is 10.7. The molecule has 0 unspecified atom stereocenters. The molecule has 4 aromatic carbocycles. The zero-order valence-electron chi connectivity index (χ0n) is 36.6. The van der Waals surface area contributed by atoms with Gasteiger partial charge in [0.2, 0.25) is 0 Å². The van der Waals surface area contributed by atoms with Gasteiger partial charge in [0.15, 0.2) is 0 Å². The molecule has 4 rings (SSSR count). The van der Waals surface area contributed by atoms with Crippen LogP contribution in [0, 0.1) is 0 Å². The van der Waals surface area contributed by atoms with Crippen molar-refractivity contribution in [1.82, 2.24) is 0 Å². The van der Waals surface area contributed by atoms with E-state index in [-0.39, 0.29) is 5.75 Å². The van der Waals surface area contributed by atoms with Crippen molar-refractivity contribution in [3.8, 4) is 5.75 Å². The third kappa shape index (κ3) is 23.3. The van der Waals surface area contributed by atoms with Crippen LogP contribution in [0.15, 0.2) is 103 Å². The summed E-state index contributed by atoms with van der Waals surface area (Å²) < 4.78 is 5.80. The van der Waals surface area contributed by atoms with Crippen LogP contribution in [0.4, 0.5) is 0 Å². The summed E-state index contributed by atoms with van der Waals surface area (Å²) in [7, 11) is 0. The SMILES string of the molecule is CCCCCCCCCCCCCOCCCCCCCCCCCCC.Oc1ccc(/C=C/c2ccccc2)c(/C=C/c2ccccc2)c1/C=C/c1ccccc1. The largest absolute Gasteiger partial charge is 0.507 e. The van der Waals surface area contributed by atoms with E-state index in [1.807, 2.05) is 84.9 Å². The topological polar surface area (TPSA) is 29.5 Å². The number of unbranched alkanes of at least 4 members (excludes halogenated alkanes) is 20. The molecule has 0 amide bonds. The lowest BCUT2D eigenvalue weighted by Crippen LogP contribution is -1.97. The Morgan fingerprint density at radius 1 is 0.345 bits per heavy atom. The van der Waals surface area contributed by atoms with Crippen molar-refractivity contribution in [3.63, 3.8) is 0 Å². The van der Waals surface area contributed by atoms with E-state index < -0.39 is 0 Å². The molecule has 314 valence electrons. The number of phenols is 1. The molecule has 1 N–H and O–H groups in total. The maximum atomic E-state index is 10.7. The van der Waals surface area contributed by atoms with Crippen LogP contribution in [0.25, 0.3) is 36.5 Å². The van der Waals surface area contributed by atoms with E-state index in [0.717, 1.165) is 46.6 Å². The van der Waals surface area contributed by atoms with Gasteiger partial charge >= 0.3 is 0 Å². The fourth-order valence-electron chi connectivity index (χ4n) is 7.22. The van der Waals surface area contributed by atoms with E-state index >= 15 is 0 Å². The van der Waals surface area contributed by atoms with Gasteiger partial charge in [-0.2, -0.15) is 0 Å². The summed E-state index contributed by atoms with van der Waals surface area (Å²) in [5, 5.41) is 10.7. The Kier molecular flexibility index (Phi) is 28.1. The minimum atomic E-state index is 0.261. The molecule has 2 nitrogen and oxygen atoms in total. The molecule has 2 heteroatoms. The minimum Gasteiger partial charge on any atom is -0.507 e. The molecule has 0 radical (unpaired) electrons. The first kappa shape index (κ1) is 48.2. The molecule has 58 heavy (non-hydrogen) atoms. The summed E-state index contributed by atoms with van der Waals surface area (Å²) in [6.45, 7) is 6.58. The molecule has 0 atom stereocenters. The zero-order valence-corrected chi connectivity index (χ0v) is 36.6. The van der Waals surface area contributed by atoms with Gasteiger partial charge in [-0.25, -0.2) is 0 Å². The van der Waals surface area contributed by atoms with Gasteiger partial charge in [-0.05, 0) is 46.7 Å². The number of phenolic OH excluding ortho intramolecular Hbond substituents is 1. The summed E-state index contributed by atoms with van der Waals surface area (Å²) >= 11 is 0. The lowest BCUT2D eigenvalue weighted by molar-refractivity contribution is 0.125. The lowest BCUT2D eigenvalue weighted by Gasteiger charge is -2.09. The molecule has 4 aromatic rings. The van der Waals surface area contributed by atoms with Crippen molar-refractivity contribution in [3.05, 3.63) is 137 Å². The molecule has 0 aliphatic carbocycles. The van der Waals surface area contributed by atoms with E-state index in [2.05, 4.69) is 62.4 Å². The Morgan fingerprint density at radius 2 is 0.672 bits per heavy atom. The Labute approximate surface area is 355 Å². The van der Waals surface area contributed by atoms with Gasteiger partial charge in [0.1, 0.15) is 5.75 Å². The second-order valence-electron chi connectivity index (χ2n) is 15.9. The quantitative estimate of drug-likeness (QED) is 0.0422. The average molecular weight is 783 g/mol. The number of rotatable bonds is 30. The van der Waals surface area contributed by atoms with Gasteiger partial charge in [0, 0.05) is 18.8 Å². The summed E-state index contributed by atoms with van der Waals surface area (Å²) in [6, 6.07) is 34.2. The van der Waals surface area contributed by atoms with Crippen molar-refractivity contribution in [2.75, 3.05) is 13.2 Å². The highest BCUT2D eigenvalue weighted by Crippen LogP contribution is 2.30. The summed E-state index contributed by atoms with van der Waals surface area (Å²) in [6.07, 6.45) is 43.5. The molecule has 0 aliphatic heterocycles. The van der Waals surface area contributed by atoms with Gasteiger partial charge in [0.25, 0.3) is 0 Å². The predicted molar refractivity (Wildman–Crippen MR) is 258 cm³/mol. The first-order valence-electron chi connectivity index (χ1n) is 23.3. The molecule has 0 saturated heterocycles. The number of benzene rings is 4. The normalized spacial score (nSPS) is 11.5. The highest BCUT2D eigenvalue weighted by molar-refractivity contribution is 5.87. The molecule has 0 saturated carbocycles. The van der Waals surface area contributed by atoms with Gasteiger partial charge in [-0.3, -0.25) is 0 Å². The maximum Gasteiger partial charge on any atom is 0.123 e. The van der Waals surface area contributed by atoms with Crippen molar-refractivity contribution < 1.29 is 9.84 Å². The van der Waals surface area contributed by atoms with Crippen molar-refractivity contribution in [2.45, 2.75) is 155 Å². The Bertz CT molecular complexity index is 1600. The average Bonchev–Trinajstić information content (AvgIpc) is 3.26. The zero-order chi connectivity index (χ0) is 41.0. The highest BCUT2D eigenvalue weighted by atomic mass is 16.5. The fraction of sp³-hybridized carbons (Fsp3) is 0.464. The third-order valence-electron chi connectivity index (χ3n) is 10.8. The monoisotopic (exact) mass is 783 g/mol. The third-order valence-corrected chi connectivity index (χ3v) is 10.8. The summed E-state index contributed by atoms with van der Waals surface area (Å²) in [4.78, 5) is 0. The molecule has 0 fully saturated rings. The van der Waals surface area contributed by atoms with Crippen molar-refractivity contribution in [1.29, 1.82) is 0 Å². The number of aromatic hydroxyl groups is 1. The molecular weight excluding hydrogens is 705 g/mol. The summed E-state index contributed by atoms with van der Waals surface area (Å²) in [5.74, 6) is 0.261. The Balaban J connectivity index is 0.000000315. The number of hydrogen-bond donors (Lipinski definition) is 1. The molecule has 0 aliphatic rings. The highest BCUT2D eigenvalue weighted by Gasteiger charge is 2.08. The predicted octanol–water partition coefficient (Wildman–Crippen LogP) is 17.5. The van der Waals surface area contributed by atoms with Crippen LogP contribution in [-0.2, 0) is 4.74 Å². The first-order valence-corrected chi connectivity index (χ1v) is 23.3. The fourth-order valence-corrected chi connectivity index (χ4v) is 7.22. The van der Waals surface area contributed by atoms with Crippen LogP contribution >= 0.6 is 0 Å². The summed E-state index contributed by atoms with van der Waals surface area (Å²) in [5.41, 5.74) is 6.15. The van der Waals surface area contributed by atoms with Gasteiger partial charge in [-0.15, -0.1) is 0 Å². The van der Waals surface area contributed by atoms with Gasteiger partial charge in [0.05, 0.1) is 0 Å². The van der Waals surface area contributed by atoms with Crippen LogP contribution in [0.3, 0.4) is 0 Å². The number of ether oxygens (including phenoxy) is 1. The minimum absolute atomic E-state index is 0.261. The van der Waals surface area contributed by atoms with Crippen molar-refractivity contribution in [2.24, 2.45) is 0 Å². The molecule has 0 heterocycles. The van der Waals surface area contributed by atoms with E-state index in [1.165, 1.54) is 141 Å². The van der Waals surface area contributed by atoms with Gasteiger partial charge in [-0.1, -0.05) is 276 Å². The van der Waals surface area contributed by atoms with Crippen LogP contribution in [0.1, 0.15) is 188 Å². The van der Waals surface area contributed by atoms with Crippen LogP contribution in [-0.4, -0.2) is 18.3 Å². The van der Waals surface area contributed by atoms with Gasteiger partial charge < -0.3 is 9.84 Å². The first-order chi connectivity index (χ1) is 28.7. The van der Waals surface area contributed by atoms with E-state index in [9.17, 15) is 5.11 Å². The lowest BCUT2D eigenvalue weighted by atomic mass is 9.96. The molecule has 0 spiro atoms. The van der Waals surface area contributed by atoms with E-state index in [0.29, 0.717) is 0 Å². The second-order valence-corrected chi connectivity index (χ2v) is 15.9.